The first-order valence-corrected chi connectivity index (χ1v) is 10.6. The summed E-state index contributed by atoms with van der Waals surface area (Å²) in [6.07, 6.45) is 4.83. The van der Waals surface area contributed by atoms with Crippen molar-refractivity contribution in [2.75, 3.05) is 19.7 Å². The van der Waals surface area contributed by atoms with E-state index in [2.05, 4.69) is 5.32 Å². The molecule has 5 nitrogen and oxygen atoms in total. The molecule has 0 aromatic heterocycles. The van der Waals surface area contributed by atoms with Crippen molar-refractivity contribution in [1.29, 1.82) is 0 Å². The number of carbonyl (C=O) groups is 2. The first-order chi connectivity index (χ1) is 14.7. The first kappa shape index (κ1) is 21.8. The van der Waals surface area contributed by atoms with Gasteiger partial charge < -0.3 is 15.0 Å². The molecule has 0 spiro atoms. The Labute approximate surface area is 178 Å². The Hall–Kier alpha value is -2.92. The lowest BCUT2D eigenvalue weighted by molar-refractivity contribution is -0.132. The Kier molecular flexibility index (Phi) is 8.21. The van der Waals surface area contributed by atoms with Gasteiger partial charge in [-0.05, 0) is 42.5 Å². The number of amides is 2. The highest BCUT2D eigenvalue weighted by molar-refractivity contribution is 5.92. The summed E-state index contributed by atoms with van der Waals surface area (Å²) in [6, 6.07) is 17.8. The van der Waals surface area contributed by atoms with E-state index in [-0.39, 0.29) is 17.7 Å². The molecule has 1 aliphatic rings. The number of rotatable bonds is 8. The largest absolute Gasteiger partial charge is 0.377 e. The predicted molar refractivity (Wildman–Crippen MR) is 118 cm³/mol. The molecule has 0 unspecified atom stereocenters. The molecule has 0 atom stereocenters. The lowest BCUT2D eigenvalue weighted by Crippen LogP contribution is -2.42. The van der Waals surface area contributed by atoms with Gasteiger partial charge in [-0.25, -0.2) is 0 Å². The van der Waals surface area contributed by atoms with Crippen LogP contribution in [0, 0.1) is 5.92 Å². The molecule has 1 aliphatic heterocycles. The number of piperidine rings is 1. The first-order valence-electron chi connectivity index (χ1n) is 10.6. The SMILES string of the molecule is CCOCc1ccccc1CNC(=O)C1CCN(C(=O)/C=C/c2ccccc2)CC1. The minimum atomic E-state index is -0.0498. The molecule has 0 saturated carbocycles. The van der Waals surface area contributed by atoms with Crippen LogP contribution in [0.3, 0.4) is 0 Å². The molecule has 30 heavy (non-hydrogen) atoms. The smallest absolute Gasteiger partial charge is 0.246 e. The summed E-state index contributed by atoms with van der Waals surface area (Å²) in [6.45, 7) is 4.91. The summed E-state index contributed by atoms with van der Waals surface area (Å²) in [7, 11) is 0. The number of nitrogens with zero attached hydrogens (tertiary/aromatic N) is 1. The molecule has 1 fully saturated rings. The lowest BCUT2D eigenvalue weighted by Gasteiger charge is -2.30. The van der Waals surface area contributed by atoms with Crippen molar-refractivity contribution in [2.45, 2.75) is 32.9 Å². The van der Waals surface area contributed by atoms with E-state index in [1.54, 1.807) is 6.08 Å². The lowest BCUT2D eigenvalue weighted by atomic mass is 9.95. The van der Waals surface area contributed by atoms with E-state index in [1.165, 1.54) is 0 Å². The topological polar surface area (TPSA) is 58.6 Å². The molecule has 158 valence electrons. The van der Waals surface area contributed by atoms with Crippen LogP contribution in [0.2, 0.25) is 0 Å². The van der Waals surface area contributed by atoms with E-state index < -0.39 is 0 Å². The number of likely N-dealkylation sites (tertiary alicyclic amines) is 1. The normalized spacial score (nSPS) is 14.8. The van der Waals surface area contributed by atoms with Crippen molar-refractivity contribution >= 4 is 17.9 Å². The van der Waals surface area contributed by atoms with Gasteiger partial charge in [0.15, 0.2) is 0 Å². The maximum absolute atomic E-state index is 12.6. The second-order valence-electron chi connectivity index (χ2n) is 7.47. The zero-order valence-electron chi connectivity index (χ0n) is 17.5. The van der Waals surface area contributed by atoms with E-state index in [0.29, 0.717) is 45.7 Å². The molecular formula is C25H30N2O3. The highest BCUT2D eigenvalue weighted by Crippen LogP contribution is 2.19. The Bertz CT molecular complexity index is 856. The van der Waals surface area contributed by atoms with E-state index in [4.69, 9.17) is 4.74 Å². The van der Waals surface area contributed by atoms with E-state index in [1.807, 2.05) is 72.5 Å². The van der Waals surface area contributed by atoms with Crippen molar-refractivity contribution < 1.29 is 14.3 Å². The molecule has 3 rings (SSSR count). The Balaban J connectivity index is 1.45. The van der Waals surface area contributed by atoms with Crippen LogP contribution in [0.1, 0.15) is 36.5 Å². The van der Waals surface area contributed by atoms with Crippen LogP contribution in [0.4, 0.5) is 0 Å². The molecule has 2 aromatic rings. The molecule has 1 saturated heterocycles. The molecule has 0 aliphatic carbocycles. The van der Waals surface area contributed by atoms with Gasteiger partial charge in [0, 0.05) is 38.2 Å². The molecule has 2 aromatic carbocycles. The van der Waals surface area contributed by atoms with Crippen molar-refractivity contribution in [3.8, 4) is 0 Å². The molecule has 1 heterocycles. The zero-order valence-corrected chi connectivity index (χ0v) is 17.5. The van der Waals surface area contributed by atoms with Crippen LogP contribution >= 0.6 is 0 Å². The zero-order chi connectivity index (χ0) is 21.2. The molecule has 0 radical (unpaired) electrons. The van der Waals surface area contributed by atoms with Crippen LogP contribution in [0.25, 0.3) is 6.08 Å². The number of hydrogen-bond donors (Lipinski definition) is 1. The summed E-state index contributed by atoms with van der Waals surface area (Å²) < 4.78 is 5.51. The molecular weight excluding hydrogens is 376 g/mol. The van der Waals surface area contributed by atoms with Gasteiger partial charge in [-0.1, -0.05) is 54.6 Å². The Morgan fingerprint density at radius 1 is 1.03 bits per heavy atom. The van der Waals surface area contributed by atoms with Gasteiger partial charge in [-0.15, -0.1) is 0 Å². The summed E-state index contributed by atoms with van der Waals surface area (Å²) >= 11 is 0. The highest BCUT2D eigenvalue weighted by atomic mass is 16.5. The highest BCUT2D eigenvalue weighted by Gasteiger charge is 2.26. The number of benzene rings is 2. The Morgan fingerprint density at radius 2 is 1.70 bits per heavy atom. The van der Waals surface area contributed by atoms with Crippen LogP contribution in [-0.2, 0) is 27.5 Å². The van der Waals surface area contributed by atoms with Crippen molar-refractivity contribution in [3.05, 3.63) is 77.4 Å². The Morgan fingerprint density at radius 3 is 2.40 bits per heavy atom. The van der Waals surface area contributed by atoms with Gasteiger partial charge in [-0.2, -0.15) is 0 Å². The van der Waals surface area contributed by atoms with Crippen LogP contribution in [-0.4, -0.2) is 36.4 Å². The standard InChI is InChI=1S/C25H30N2O3/c1-2-30-19-23-11-7-6-10-22(23)18-26-25(29)21-14-16-27(17-15-21)24(28)13-12-20-8-4-3-5-9-20/h3-13,21H,2,14-19H2,1H3,(H,26,29)/b13-12+. The van der Waals surface area contributed by atoms with Crippen molar-refractivity contribution in [3.63, 3.8) is 0 Å². The van der Waals surface area contributed by atoms with E-state index in [9.17, 15) is 9.59 Å². The van der Waals surface area contributed by atoms with Crippen molar-refractivity contribution in [2.24, 2.45) is 5.92 Å². The van der Waals surface area contributed by atoms with Crippen molar-refractivity contribution in [1.82, 2.24) is 10.2 Å². The summed E-state index contributed by atoms with van der Waals surface area (Å²) in [5, 5.41) is 3.06. The third-order valence-corrected chi connectivity index (χ3v) is 5.43. The summed E-state index contributed by atoms with van der Waals surface area (Å²) in [5.41, 5.74) is 3.19. The van der Waals surface area contributed by atoms with Crippen LogP contribution in [0.5, 0.6) is 0 Å². The van der Waals surface area contributed by atoms with Gasteiger partial charge in [0.1, 0.15) is 0 Å². The second kappa shape index (κ2) is 11.3. The average molecular weight is 407 g/mol. The van der Waals surface area contributed by atoms with E-state index in [0.717, 1.165) is 16.7 Å². The monoisotopic (exact) mass is 406 g/mol. The molecule has 2 amide bonds. The summed E-state index contributed by atoms with van der Waals surface area (Å²) in [5.74, 6) is 0.0157. The average Bonchev–Trinajstić information content (AvgIpc) is 2.81. The maximum atomic E-state index is 12.6. The van der Waals surface area contributed by atoms with Gasteiger partial charge in [-0.3, -0.25) is 9.59 Å². The number of carbonyl (C=O) groups excluding carboxylic acids is 2. The van der Waals surface area contributed by atoms with E-state index >= 15 is 0 Å². The molecule has 0 bridgehead atoms. The maximum Gasteiger partial charge on any atom is 0.246 e. The molecule has 1 N–H and O–H groups in total. The quantitative estimate of drug-likeness (QED) is 0.679. The second-order valence-corrected chi connectivity index (χ2v) is 7.47. The van der Waals surface area contributed by atoms with Gasteiger partial charge >= 0.3 is 0 Å². The summed E-state index contributed by atoms with van der Waals surface area (Å²) in [4.78, 5) is 26.9. The minimum Gasteiger partial charge on any atom is -0.377 e. The number of hydrogen-bond acceptors (Lipinski definition) is 3. The van der Waals surface area contributed by atoms with Gasteiger partial charge in [0.2, 0.25) is 11.8 Å². The number of ether oxygens (including phenoxy) is 1. The van der Waals surface area contributed by atoms with Gasteiger partial charge in [0.05, 0.1) is 6.61 Å². The fourth-order valence-corrected chi connectivity index (χ4v) is 3.61. The number of nitrogens with one attached hydrogen (secondary N) is 1. The fraction of sp³-hybridized carbons (Fsp3) is 0.360. The van der Waals surface area contributed by atoms with Gasteiger partial charge in [0.25, 0.3) is 0 Å². The minimum absolute atomic E-state index is 0.00237. The van der Waals surface area contributed by atoms with Crippen LogP contribution in [0.15, 0.2) is 60.7 Å². The third kappa shape index (κ3) is 6.29. The predicted octanol–water partition coefficient (Wildman–Crippen LogP) is 3.79. The molecule has 5 heteroatoms. The van der Waals surface area contributed by atoms with Crippen LogP contribution < -0.4 is 5.32 Å². The fourth-order valence-electron chi connectivity index (χ4n) is 3.61. The third-order valence-electron chi connectivity index (χ3n) is 5.43.